The minimum absolute atomic E-state index is 0.0794. The lowest BCUT2D eigenvalue weighted by atomic mass is 10.1. The number of anilines is 2. The van der Waals surface area contributed by atoms with Crippen molar-refractivity contribution in [3.63, 3.8) is 0 Å². The van der Waals surface area contributed by atoms with Crippen LogP contribution >= 0.6 is 0 Å². The standard InChI is InChI=1S/C13H16N4O/c1-8(13(18)15-2)17-11-4-3-9-7-16-6-5-10(9)12(11)14/h3-8,17H,14H2,1-2H3,(H,15,18). The van der Waals surface area contributed by atoms with Crippen LogP contribution in [0.3, 0.4) is 0 Å². The number of fused-ring (bicyclic) bond motifs is 1. The van der Waals surface area contributed by atoms with Crippen LogP contribution in [-0.2, 0) is 4.79 Å². The minimum atomic E-state index is -0.336. The number of pyridine rings is 1. The molecule has 1 unspecified atom stereocenters. The second kappa shape index (κ2) is 4.91. The normalized spacial score (nSPS) is 12.1. The van der Waals surface area contributed by atoms with Gasteiger partial charge in [0.2, 0.25) is 5.91 Å². The van der Waals surface area contributed by atoms with Crippen LogP contribution < -0.4 is 16.4 Å². The fraction of sp³-hybridized carbons (Fsp3) is 0.231. The molecular weight excluding hydrogens is 228 g/mol. The van der Waals surface area contributed by atoms with E-state index in [2.05, 4.69) is 15.6 Å². The first-order chi connectivity index (χ1) is 8.63. The summed E-state index contributed by atoms with van der Waals surface area (Å²) in [6.45, 7) is 1.79. The summed E-state index contributed by atoms with van der Waals surface area (Å²) in [5, 5.41) is 7.59. The number of hydrogen-bond acceptors (Lipinski definition) is 4. The molecule has 2 rings (SSSR count). The maximum atomic E-state index is 11.5. The number of nitrogen functional groups attached to an aromatic ring is 1. The molecule has 0 aliphatic carbocycles. The third-order valence-corrected chi connectivity index (χ3v) is 2.87. The Bertz CT molecular complexity index is 582. The number of aromatic nitrogens is 1. The number of nitrogens with two attached hydrogens (primary N) is 1. The average Bonchev–Trinajstić information content (AvgIpc) is 2.41. The van der Waals surface area contributed by atoms with Crippen molar-refractivity contribution >= 4 is 28.1 Å². The predicted octanol–water partition coefficient (Wildman–Crippen LogP) is 1.36. The molecule has 0 aliphatic rings. The van der Waals surface area contributed by atoms with Gasteiger partial charge in [-0.2, -0.15) is 0 Å². The maximum Gasteiger partial charge on any atom is 0.241 e. The summed E-state index contributed by atoms with van der Waals surface area (Å²) in [4.78, 5) is 15.5. The van der Waals surface area contributed by atoms with Gasteiger partial charge in [0.1, 0.15) is 6.04 Å². The molecule has 18 heavy (non-hydrogen) atoms. The molecule has 1 atom stereocenters. The number of nitrogens with zero attached hydrogens (tertiary/aromatic N) is 1. The van der Waals surface area contributed by atoms with E-state index in [-0.39, 0.29) is 11.9 Å². The van der Waals surface area contributed by atoms with Crippen LogP contribution in [-0.4, -0.2) is 24.0 Å². The Morgan fingerprint density at radius 1 is 1.39 bits per heavy atom. The van der Waals surface area contributed by atoms with Crippen molar-refractivity contribution in [2.45, 2.75) is 13.0 Å². The number of nitrogens with one attached hydrogen (secondary N) is 2. The molecule has 5 heteroatoms. The highest BCUT2D eigenvalue weighted by Crippen LogP contribution is 2.28. The number of benzene rings is 1. The monoisotopic (exact) mass is 244 g/mol. The Kier molecular flexibility index (Phi) is 3.32. The van der Waals surface area contributed by atoms with Crippen LogP contribution in [0.25, 0.3) is 10.8 Å². The molecule has 0 radical (unpaired) electrons. The van der Waals surface area contributed by atoms with Crippen LogP contribution in [0.2, 0.25) is 0 Å². The van der Waals surface area contributed by atoms with E-state index >= 15 is 0 Å². The van der Waals surface area contributed by atoms with Crippen molar-refractivity contribution in [3.8, 4) is 0 Å². The molecule has 0 bridgehead atoms. The van der Waals surface area contributed by atoms with Crippen LogP contribution in [0.5, 0.6) is 0 Å². The van der Waals surface area contributed by atoms with E-state index in [1.54, 1.807) is 26.4 Å². The van der Waals surface area contributed by atoms with E-state index in [0.717, 1.165) is 16.5 Å². The summed E-state index contributed by atoms with van der Waals surface area (Å²) in [6.07, 6.45) is 3.46. The van der Waals surface area contributed by atoms with E-state index in [1.807, 2.05) is 18.2 Å². The van der Waals surface area contributed by atoms with Crippen LogP contribution in [0.1, 0.15) is 6.92 Å². The first-order valence-corrected chi connectivity index (χ1v) is 5.74. The zero-order chi connectivity index (χ0) is 13.1. The molecule has 1 aromatic heterocycles. The molecular formula is C13H16N4O. The number of carbonyl (C=O) groups is 1. The predicted molar refractivity (Wildman–Crippen MR) is 73.3 cm³/mol. The van der Waals surface area contributed by atoms with Gasteiger partial charge in [-0.05, 0) is 19.1 Å². The number of rotatable bonds is 3. The molecule has 4 N–H and O–H groups in total. The average molecular weight is 244 g/mol. The Morgan fingerprint density at radius 2 is 2.17 bits per heavy atom. The summed E-state index contributed by atoms with van der Waals surface area (Å²) >= 11 is 0. The molecule has 1 aromatic carbocycles. The van der Waals surface area contributed by atoms with E-state index in [9.17, 15) is 4.79 Å². The van der Waals surface area contributed by atoms with Gasteiger partial charge in [0.15, 0.2) is 0 Å². The van der Waals surface area contributed by atoms with E-state index in [1.165, 1.54) is 0 Å². The van der Waals surface area contributed by atoms with Gasteiger partial charge in [-0.15, -0.1) is 0 Å². The molecule has 0 spiro atoms. The van der Waals surface area contributed by atoms with Gasteiger partial charge >= 0.3 is 0 Å². The number of amides is 1. The van der Waals surface area contributed by atoms with E-state index in [4.69, 9.17) is 5.73 Å². The summed E-state index contributed by atoms with van der Waals surface area (Å²) in [6, 6.07) is 5.31. The van der Waals surface area contributed by atoms with Crippen molar-refractivity contribution in [2.24, 2.45) is 0 Å². The molecule has 0 fully saturated rings. The number of hydrogen-bond donors (Lipinski definition) is 3. The summed E-state index contributed by atoms with van der Waals surface area (Å²) in [5.74, 6) is -0.0794. The van der Waals surface area contributed by atoms with Crippen molar-refractivity contribution in [3.05, 3.63) is 30.6 Å². The summed E-state index contributed by atoms with van der Waals surface area (Å²) < 4.78 is 0. The first-order valence-electron chi connectivity index (χ1n) is 5.74. The fourth-order valence-corrected chi connectivity index (χ4v) is 1.83. The lowest BCUT2D eigenvalue weighted by molar-refractivity contribution is -0.121. The summed E-state index contributed by atoms with van der Waals surface area (Å²) in [7, 11) is 1.61. The Labute approximate surface area is 105 Å². The van der Waals surface area contributed by atoms with Crippen molar-refractivity contribution in [2.75, 3.05) is 18.1 Å². The lowest BCUT2D eigenvalue weighted by Crippen LogP contribution is -2.35. The Balaban J connectivity index is 2.35. The third-order valence-electron chi connectivity index (χ3n) is 2.87. The van der Waals surface area contributed by atoms with Gasteiger partial charge in [0.25, 0.3) is 0 Å². The molecule has 0 saturated heterocycles. The van der Waals surface area contributed by atoms with Gasteiger partial charge in [0, 0.05) is 30.2 Å². The van der Waals surface area contributed by atoms with Gasteiger partial charge in [-0.25, -0.2) is 0 Å². The molecule has 2 aromatic rings. The SMILES string of the molecule is CNC(=O)C(C)Nc1ccc2cnccc2c1N. The van der Waals surface area contributed by atoms with E-state index < -0.39 is 0 Å². The largest absolute Gasteiger partial charge is 0.397 e. The zero-order valence-corrected chi connectivity index (χ0v) is 10.4. The van der Waals surface area contributed by atoms with Crippen LogP contribution in [0.4, 0.5) is 11.4 Å². The zero-order valence-electron chi connectivity index (χ0n) is 10.4. The maximum absolute atomic E-state index is 11.5. The first kappa shape index (κ1) is 12.2. The molecule has 1 heterocycles. The minimum Gasteiger partial charge on any atom is -0.397 e. The number of likely N-dealkylation sites (N-methyl/N-ethyl adjacent to an activating group) is 1. The second-order valence-electron chi connectivity index (χ2n) is 4.10. The molecule has 1 amide bonds. The molecule has 0 aliphatic heterocycles. The van der Waals surface area contributed by atoms with Gasteiger partial charge in [0.05, 0.1) is 11.4 Å². The molecule has 94 valence electrons. The van der Waals surface area contributed by atoms with Gasteiger partial charge in [-0.3, -0.25) is 9.78 Å². The quantitative estimate of drug-likeness (QED) is 0.712. The number of carbonyl (C=O) groups excluding carboxylic acids is 1. The van der Waals surface area contributed by atoms with Crippen molar-refractivity contribution < 1.29 is 4.79 Å². The smallest absolute Gasteiger partial charge is 0.241 e. The van der Waals surface area contributed by atoms with Crippen LogP contribution in [0, 0.1) is 0 Å². The third kappa shape index (κ3) is 2.20. The van der Waals surface area contributed by atoms with Crippen molar-refractivity contribution in [1.29, 1.82) is 0 Å². The molecule has 5 nitrogen and oxygen atoms in total. The lowest BCUT2D eigenvalue weighted by Gasteiger charge is -2.16. The summed E-state index contributed by atoms with van der Waals surface area (Å²) in [5.41, 5.74) is 7.47. The Hall–Kier alpha value is -2.30. The fourth-order valence-electron chi connectivity index (χ4n) is 1.83. The van der Waals surface area contributed by atoms with Gasteiger partial charge < -0.3 is 16.4 Å². The highest BCUT2D eigenvalue weighted by molar-refractivity contribution is 5.99. The Morgan fingerprint density at radius 3 is 2.89 bits per heavy atom. The molecule has 0 saturated carbocycles. The van der Waals surface area contributed by atoms with Gasteiger partial charge in [-0.1, -0.05) is 6.07 Å². The van der Waals surface area contributed by atoms with E-state index in [0.29, 0.717) is 5.69 Å². The highest BCUT2D eigenvalue weighted by atomic mass is 16.2. The van der Waals surface area contributed by atoms with Crippen molar-refractivity contribution in [1.82, 2.24) is 10.3 Å². The highest BCUT2D eigenvalue weighted by Gasteiger charge is 2.12. The topological polar surface area (TPSA) is 80.0 Å². The van der Waals surface area contributed by atoms with Crippen LogP contribution in [0.15, 0.2) is 30.6 Å². The second-order valence-corrected chi connectivity index (χ2v) is 4.10.